The fourth-order valence-corrected chi connectivity index (χ4v) is 5.32. The zero-order chi connectivity index (χ0) is 22.0. The number of nitrogens with one attached hydrogen (secondary N) is 1. The van der Waals surface area contributed by atoms with Gasteiger partial charge in [-0.25, -0.2) is 8.42 Å². The van der Waals surface area contributed by atoms with Crippen molar-refractivity contribution in [3.05, 3.63) is 60.3 Å². The van der Waals surface area contributed by atoms with Crippen LogP contribution >= 0.6 is 0 Å². The molecule has 1 fully saturated rings. The van der Waals surface area contributed by atoms with Crippen molar-refractivity contribution in [1.29, 1.82) is 0 Å². The second-order valence-electron chi connectivity index (χ2n) is 7.85. The Labute approximate surface area is 181 Å². The van der Waals surface area contributed by atoms with Gasteiger partial charge in [0.1, 0.15) is 12.3 Å². The maximum atomic E-state index is 13.1. The zero-order valence-electron chi connectivity index (χ0n) is 17.4. The summed E-state index contributed by atoms with van der Waals surface area (Å²) >= 11 is 0. The Morgan fingerprint density at radius 1 is 1.00 bits per heavy atom. The van der Waals surface area contributed by atoms with Crippen LogP contribution < -0.4 is 5.32 Å². The molecule has 3 aromatic rings. The predicted octanol–water partition coefficient (Wildman–Crippen LogP) is 2.98. The zero-order valence-corrected chi connectivity index (χ0v) is 18.2. The molecule has 0 radical (unpaired) electrons. The summed E-state index contributed by atoms with van der Waals surface area (Å²) in [5.74, 6) is -1.30. The van der Waals surface area contributed by atoms with Gasteiger partial charge >= 0.3 is 0 Å². The van der Waals surface area contributed by atoms with Gasteiger partial charge in [-0.15, -0.1) is 0 Å². The number of sulfone groups is 1. The van der Waals surface area contributed by atoms with Gasteiger partial charge in [0.05, 0.1) is 4.90 Å². The average Bonchev–Trinajstić information content (AvgIpc) is 3.38. The van der Waals surface area contributed by atoms with Gasteiger partial charge in [0, 0.05) is 35.9 Å². The third-order valence-electron chi connectivity index (χ3n) is 5.59. The van der Waals surface area contributed by atoms with Gasteiger partial charge in [0.15, 0.2) is 9.84 Å². The van der Waals surface area contributed by atoms with Gasteiger partial charge in [0.2, 0.25) is 11.8 Å². The van der Waals surface area contributed by atoms with Crippen molar-refractivity contribution in [3.63, 3.8) is 0 Å². The van der Waals surface area contributed by atoms with Crippen molar-refractivity contribution >= 4 is 38.2 Å². The first kappa shape index (κ1) is 21.1. The Hall–Kier alpha value is -3.13. The van der Waals surface area contributed by atoms with Crippen LogP contribution in [0.2, 0.25) is 0 Å². The van der Waals surface area contributed by atoms with E-state index in [-0.39, 0.29) is 17.3 Å². The largest absolute Gasteiger partial charge is 0.341 e. The van der Waals surface area contributed by atoms with Gasteiger partial charge in [-0.3, -0.25) is 9.59 Å². The molecular formula is C23H25N3O4S. The monoisotopic (exact) mass is 439 g/mol. The fourth-order valence-electron chi connectivity index (χ4n) is 3.95. The third kappa shape index (κ3) is 4.49. The van der Waals surface area contributed by atoms with Crippen molar-refractivity contribution in [3.8, 4) is 0 Å². The lowest BCUT2D eigenvalue weighted by molar-refractivity contribution is -0.130. The second kappa shape index (κ2) is 8.55. The molecule has 1 aromatic heterocycles. The Bertz CT molecular complexity index is 1240. The van der Waals surface area contributed by atoms with E-state index in [1.807, 2.05) is 19.1 Å². The maximum Gasteiger partial charge on any atom is 0.242 e. The molecule has 4 rings (SSSR count). The van der Waals surface area contributed by atoms with E-state index in [1.54, 1.807) is 45.9 Å². The van der Waals surface area contributed by atoms with Crippen molar-refractivity contribution in [2.75, 3.05) is 24.2 Å². The van der Waals surface area contributed by atoms with Crippen LogP contribution in [0.5, 0.6) is 0 Å². The Balaban J connectivity index is 1.59. The summed E-state index contributed by atoms with van der Waals surface area (Å²) in [6.45, 7) is 3.39. The molecule has 2 heterocycles. The molecule has 0 saturated carbocycles. The van der Waals surface area contributed by atoms with Gasteiger partial charge in [-0.2, -0.15) is 0 Å². The number of anilines is 1. The molecule has 0 spiro atoms. The molecule has 0 aliphatic carbocycles. The number of carbonyl (C=O) groups excluding carboxylic acids is 2. The molecular weight excluding hydrogens is 414 g/mol. The van der Waals surface area contributed by atoms with E-state index < -0.39 is 21.5 Å². The number of hydrogen-bond acceptors (Lipinski definition) is 4. The number of hydrogen-bond donors (Lipinski definition) is 1. The van der Waals surface area contributed by atoms with Crippen molar-refractivity contribution in [2.45, 2.75) is 31.2 Å². The molecule has 7 nitrogen and oxygen atoms in total. The Morgan fingerprint density at radius 2 is 1.68 bits per heavy atom. The van der Waals surface area contributed by atoms with Crippen LogP contribution in [0.25, 0.3) is 10.9 Å². The standard InChI is InChI=1S/C23H25N3O4S/c1-17-8-2-4-10-19(17)24-22(27)16-31(29,30)21-14-26(20-11-5-3-9-18(20)21)15-23(28)25-12-6-7-13-25/h2-5,8-11,14H,6-7,12-13,15-16H2,1H3,(H,24,27). The highest BCUT2D eigenvalue weighted by atomic mass is 32.2. The lowest BCUT2D eigenvalue weighted by Crippen LogP contribution is -2.30. The van der Waals surface area contributed by atoms with Crippen LogP contribution in [0.4, 0.5) is 5.69 Å². The lowest BCUT2D eigenvalue weighted by atomic mass is 10.2. The Morgan fingerprint density at radius 3 is 2.42 bits per heavy atom. The van der Waals surface area contributed by atoms with E-state index in [0.29, 0.717) is 16.6 Å². The normalized spacial score (nSPS) is 14.2. The number of aromatic nitrogens is 1. The van der Waals surface area contributed by atoms with Gasteiger partial charge in [-0.1, -0.05) is 36.4 Å². The summed E-state index contributed by atoms with van der Waals surface area (Å²) in [6, 6.07) is 14.3. The topological polar surface area (TPSA) is 88.5 Å². The molecule has 2 amide bonds. The second-order valence-corrected chi connectivity index (χ2v) is 9.81. The summed E-state index contributed by atoms with van der Waals surface area (Å²) in [6.07, 6.45) is 3.47. The van der Waals surface area contributed by atoms with E-state index >= 15 is 0 Å². The smallest absolute Gasteiger partial charge is 0.242 e. The average molecular weight is 440 g/mol. The van der Waals surface area contributed by atoms with E-state index in [4.69, 9.17) is 0 Å². The van der Waals surface area contributed by atoms with Crippen molar-refractivity contribution in [1.82, 2.24) is 9.47 Å². The predicted molar refractivity (Wildman–Crippen MR) is 120 cm³/mol. The van der Waals surface area contributed by atoms with Crippen LogP contribution in [-0.4, -0.2) is 48.5 Å². The molecule has 1 saturated heterocycles. The van der Waals surface area contributed by atoms with Crippen LogP contribution in [0.1, 0.15) is 18.4 Å². The lowest BCUT2D eigenvalue weighted by Gasteiger charge is -2.15. The van der Waals surface area contributed by atoms with Crippen LogP contribution in [0, 0.1) is 6.92 Å². The SMILES string of the molecule is Cc1ccccc1NC(=O)CS(=O)(=O)c1cn(CC(=O)N2CCCC2)c2ccccc12. The molecule has 1 aliphatic rings. The number of amides is 2. The number of carbonyl (C=O) groups is 2. The number of para-hydroxylation sites is 2. The fraction of sp³-hybridized carbons (Fsp3) is 0.304. The molecule has 0 atom stereocenters. The van der Waals surface area contributed by atoms with Crippen molar-refractivity contribution < 1.29 is 18.0 Å². The Kier molecular flexibility index (Phi) is 5.82. The molecule has 2 aromatic carbocycles. The summed E-state index contributed by atoms with van der Waals surface area (Å²) in [7, 11) is -3.91. The molecule has 162 valence electrons. The van der Waals surface area contributed by atoms with Crippen LogP contribution in [0.15, 0.2) is 59.6 Å². The number of benzene rings is 2. The maximum absolute atomic E-state index is 13.1. The first-order valence-corrected chi connectivity index (χ1v) is 11.9. The first-order valence-electron chi connectivity index (χ1n) is 10.3. The number of aryl methyl sites for hydroxylation is 1. The number of fused-ring (bicyclic) bond motifs is 1. The molecule has 1 aliphatic heterocycles. The molecule has 0 bridgehead atoms. The van der Waals surface area contributed by atoms with E-state index in [0.717, 1.165) is 31.5 Å². The molecule has 0 unspecified atom stereocenters. The summed E-state index contributed by atoms with van der Waals surface area (Å²) < 4.78 is 27.9. The number of likely N-dealkylation sites (tertiary alicyclic amines) is 1. The van der Waals surface area contributed by atoms with Gasteiger partial charge in [-0.05, 0) is 37.5 Å². The van der Waals surface area contributed by atoms with Crippen LogP contribution in [0.3, 0.4) is 0 Å². The molecule has 31 heavy (non-hydrogen) atoms. The summed E-state index contributed by atoms with van der Waals surface area (Å²) in [4.78, 5) is 27.0. The number of nitrogens with zero attached hydrogens (tertiary/aromatic N) is 2. The van der Waals surface area contributed by atoms with Crippen LogP contribution in [-0.2, 0) is 26.0 Å². The summed E-state index contributed by atoms with van der Waals surface area (Å²) in [5.41, 5.74) is 2.10. The highest BCUT2D eigenvalue weighted by Crippen LogP contribution is 2.27. The van der Waals surface area contributed by atoms with Gasteiger partial charge in [0.25, 0.3) is 0 Å². The van der Waals surface area contributed by atoms with Crippen molar-refractivity contribution in [2.24, 2.45) is 0 Å². The minimum Gasteiger partial charge on any atom is -0.341 e. The highest BCUT2D eigenvalue weighted by molar-refractivity contribution is 7.92. The van der Waals surface area contributed by atoms with E-state index in [2.05, 4.69) is 5.32 Å². The highest BCUT2D eigenvalue weighted by Gasteiger charge is 2.26. The van der Waals surface area contributed by atoms with E-state index in [9.17, 15) is 18.0 Å². The minimum absolute atomic E-state index is 0.0282. The van der Waals surface area contributed by atoms with E-state index in [1.165, 1.54) is 6.20 Å². The minimum atomic E-state index is -3.91. The van der Waals surface area contributed by atoms with Gasteiger partial charge < -0.3 is 14.8 Å². The number of rotatable bonds is 6. The first-order chi connectivity index (χ1) is 14.8. The molecule has 8 heteroatoms. The third-order valence-corrected chi connectivity index (χ3v) is 7.23. The summed E-state index contributed by atoms with van der Waals surface area (Å²) in [5, 5.41) is 3.19. The quantitative estimate of drug-likeness (QED) is 0.640. The molecule has 1 N–H and O–H groups in total.